The maximum absolute atomic E-state index is 12.8. The molecule has 0 atom stereocenters. The topological polar surface area (TPSA) is 38.8 Å². The number of nitrogens with zero attached hydrogens (tertiary/aromatic N) is 1. The van der Waals surface area contributed by atoms with Gasteiger partial charge in [-0.2, -0.15) is 0 Å². The van der Waals surface area contributed by atoms with Gasteiger partial charge in [0.25, 0.3) is 5.91 Å². The van der Waals surface area contributed by atoms with E-state index in [1.165, 1.54) is 4.88 Å². The lowest BCUT2D eigenvalue weighted by molar-refractivity contribution is 0.0732. The summed E-state index contributed by atoms with van der Waals surface area (Å²) in [6, 6.07) is 7.29. The standard InChI is InChI=1S/C16H16ClNO3S/c1-20-12-5-3-4-11(15(12)21-2)16(19)18-7-6-13-10(9-18)8-14(17)22-13/h3-5,8H,6-7,9H2,1-2H3. The molecule has 116 valence electrons. The number of thiophene rings is 1. The average Bonchev–Trinajstić information content (AvgIpc) is 2.92. The van der Waals surface area contributed by atoms with Crippen molar-refractivity contribution in [1.29, 1.82) is 0 Å². The molecular formula is C16H16ClNO3S. The molecule has 0 saturated heterocycles. The number of hydrogen-bond acceptors (Lipinski definition) is 4. The van der Waals surface area contributed by atoms with Crippen molar-refractivity contribution in [1.82, 2.24) is 4.90 Å². The van der Waals surface area contributed by atoms with E-state index in [4.69, 9.17) is 21.1 Å². The van der Waals surface area contributed by atoms with E-state index in [0.29, 0.717) is 30.2 Å². The molecule has 0 aliphatic carbocycles. The minimum atomic E-state index is -0.0521. The minimum absolute atomic E-state index is 0.0521. The number of amides is 1. The van der Waals surface area contributed by atoms with Gasteiger partial charge < -0.3 is 14.4 Å². The lowest BCUT2D eigenvalue weighted by Crippen LogP contribution is -2.35. The molecule has 6 heteroatoms. The number of carbonyl (C=O) groups excluding carboxylic acids is 1. The summed E-state index contributed by atoms with van der Waals surface area (Å²) in [4.78, 5) is 15.9. The van der Waals surface area contributed by atoms with Crippen molar-refractivity contribution in [2.24, 2.45) is 0 Å². The molecule has 3 rings (SSSR count). The van der Waals surface area contributed by atoms with Crippen LogP contribution in [-0.2, 0) is 13.0 Å². The zero-order chi connectivity index (χ0) is 15.7. The fourth-order valence-corrected chi connectivity index (χ4v) is 3.99. The van der Waals surface area contributed by atoms with Crippen LogP contribution in [0.2, 0.25) is 4.34 Å². The summed E-state index contributed by atoms with van der Waals surface area (Å²) in [5.74, 6) is 0.984. The molecule has 1 aromatic carbocycles. The molecule has 2 aromatic rings. The van der Waals surface area contributed by atoms with Gasteiger partial charge in [0.1, 0.15) is 0 Å². The van der Waals surface area contributed by atoms with E-state index < -0.39 is 0 Å². The highest BCUT2D eigenvalue weighted by atomic mass is 35.5. The van der Waals surface area contributed by atoms with E-state index in [-0.39, 0.29) is 5.91 Å². The van der Waals surface area contributed by atoms with Crippen LogP contribution in [0, 0.1) is 0 Å². The number of fused-ring (bicyclic) bond motifs is 1. The summed E-state index contributed by atoms with van der Waals surface area (Å²) in [5, 5.41) is 0. The molecule has 0 saturated carbocycles. The van der Waals surface area contributed by atoms with Gasteiger partial charge in [-0.3, -0.25) is 4.79 Å². The number of para-hydroxylation sites is 1. The van der Waals surface area contributed by atoms with Gasteiger partial charge in [0.15, 0.2) is 11.5 Å². The first-order chi connectivity index (χ1) is 10.6. The van der Waals surface area contributed by atoms with E-state index in [0.717, 1.165) is 16.3 Å². The first-order valence-corrected chi connectivity index (χ1v) is 8.11. The first-order valence-electron chi connectivity index (χ1n) is 6.91. The number of benzene rings is 1. The molecule has 0 bridgehead atoms. The Balaban J connectivity index is 1.89. The second-order valence-electron chi connectivity index (χ2n) is 5.02. The lowest BCUT2D eigenvalue weighted by atomic mass is 10.1. The van der Waals surface area contributed by atoms with E-state index in [1.807, 2.05) is 11.0 Å². The Kier molecular flexibility index (Phi) is 4.27. The Morgan fingerprint density at radius 3 is 2.86 bits per heavy atom. The van der Waals surface area contributed by atoms with Gasteiger partial charge in [-0.15, -0.1) is 11.3 Å². The molecular weight excluding hydrogens is 322 g/mol. The highest BCUT2D eigenvalue weighted by Gasteiger charge is 2.26. The van der Waals surface area contributed by atoms with Crippen LogP contribution >= 0.6 is 22.9 Å². The number of ether oxygens (including phenoxy) is 2. The summed E-state index contributed by atoms with van der Waals surface area (Å²) in [7, 11) is 3.11. The van der Waals surface area contributed by atoms with Crippen LogP contribution in [0.15, 0.2) is 24.3 Å². The number of hydrogen-bond donors (Lipinski definition) is 0. The molecule has 1 aromatic heterocycles. The SMILES string of the molecule is COc1cccc(C(=O)N2CCc3sc(Cl)cc3C2)c1OC. The third-order valence-corrected chi connectivity index (χ3v) is 5.12. The van der Waals surface area contributed by atoms with Crippen molar-refractivity contribution >= 4 is 28.8 Å². The largest absolute Gasteiger partial charge is 0.493 e. The van der Waals surface area contributed by atoms with Gasteiger partial charge in [-0.1, -0.05) is 17.7 Å². The fraction of sp³-hybridized carbons (Fsp3) is 0.312. The van der Waals surface area contributed by atoms with E-state index in [9.17, 15) is 4.79 Å². The third-order valence-electron chi connectivity index (χ3n) is 3.76. The van der Waals surface area contributed by atoms with Gasteiger partial charge in [0.2, 0.25) is 0 Å². The number of methoxy groups -OCH3 is 2. The van der Waals surface area contributed by atoms with E-state index in [1.54, 1.807) is 43.8 Å². The Labute approximate surface area is 138 Å². The highest BCUT2D eigenvalue weighted by molar-refractivity contribution is 7.16. The summed E-state index contributed by atoms with van der Waals surface area (Å²) >= 11 is 7.66. The molecule has 0 radical (unpaired) electrons. The van der Waals surface area contributed by atoms with Gasteiger partial charge in [0.05, 0.1) is 24.1 Å². The maximum Gasteiger partial charge on any atom is 0.258 e. The van der Waals surface area contributed by atoms with Crippen LogP contribution < -0.4 is 9.47 Å². The van der Waals surface area contributed by atoms with Crippen LogP contribution in [0.1, 0.15) is 20.8 Å². The molecule has 0 fully saturated rings. The van der Waals surface area contributed by atoms with Crippen LogP contribution in [0.4, 0.5) is 0 Å². The Morgan fingerprint density at radius 2 is 2.14 bits per heavy atom. The van der Waals surface area contributed by atoms with E-state index in [2.05, 4.69) is 0 Å². The van der Waals surface area contributed by atoms with Crippen molar-refractivity contribution in [2.45, 2.75) is 13.0 Å². The van der Waals surface area contributed by atoms with Crippen molar-refractivity contribution in [2.75, 3.05) is 20.8 Å². The third kappa shape index (κ3) is 2.66. The highest BCUT2D eigenvalue weighted by Crippen LogP contribution is 2.34. The first kappa shape index (κ1) is 15.2. The molecule has 2 heterocycles. The van der Waals surface area contributed by atoms with Crippen LogP contribution in [0.25, 0.3) is 0 Å². The van der Waals surface area contributed by atoms with Crippen LogP contribution in [-0.4, -0.2) is 31.6 Å². The second-order valence-corrected chi connectivity index (χ2v) is 6.78. The van der Waals surface area contributed by atoms with Gasteiger partial charge in [0, 0.05) is 18.0 Å². The summed E-state index contributed by atoms with van der Waals surface area (Å²) in [5.41, 5.74) is 1.66. The quantitative estimate of drug-likeness (QED) is 0.858. The maximum atomic E-state index is 12.8. The Bertz CT molecular complexity index is 713. The monoisotopic (exact) mass is 337 g/mol. The van der Waals surface area contributed by atoms with Gasteiger partial charge in [-0.05, 0) is 30.2 Å². The molecule has 0 unspecified atom stereocenters. The van der Waals surface area contributed by atoms with Crippen molar-refractivity contribution in [3.8, 4) is 11.5 Å². The molecule has 0 spiro atoms. The molecule has 4 nitrogen and oxygen atoms in total. The van der Waals surface area contributed by atoms with Crippen molar-refractivity contribution < 1.29 is 14.3 Å². The Morgan fingerprint density at radius 1 is 1.32 bits per heavy atom. The van der Waals surface area contributed by atoms with Gasteiger partial charge in [-0.25, -0.2) is 0 Å². The zero-order valence-corrected chi connectivity index (χ0v) is 14.0. The fourth-order valence-electron chi connectivity index (χ4n) is 2.70. The molecule has 0 N–H and O–H groups in total. The predicted molar refractivity (Wildman–Crippen MR) is 87.3 cm³/mol. The molecule has 1 aliphatic heterocycles. The van der Waals surface area contributed by atoms with Crippen molar-refractivity contribution in [3.63, 3.8) is 0 Å². The minimum Gasteiger partial charge on any atom is -0.493 e. The smallest absolute Gasteiger partial charge is 0.258 e. The normalized spacial score (nSPS) is 13.7. The molecule has 22 heavy (non-hydrogen) atoms. The van der Waals surface area contributed by atoms with Crippen LogP contribution in [0.5, 0.6) is 11.5 Å². The molecule has 1 amide bonds. The van der Waals surface area contributed by atoms with Crippen molar-refractivity contribution in [3.05, 3.63) is 44.6 Å². The van der Waals surface area contributed by atoms with E-state index >= 15 is 0 Å². The number of halogens is 1. The lowest BCUT2D eigenvalue weighted by Gasteiger charge is -2.27. The molecule has 1 aliphatic rings. The summed E-state index contributed by atoms with van der Waals surface area (Å²) in [6.45, 7) is 1.26. The number of carbonyl (C=O) groups is 1. The van der Waals surface area contributed by atoms with Gasteiger partial charge >= 0.3 is 0 Å². The second kappa shape index (κ2) is 6.18. The zero-order valence-electron chi connectivity index (χ0n) is 12.4. The summed E-state index contributed by atoms with van der Waals surface area (Å²) < 4.78 is 11.4. The van der Waals surface area contributed by atoms with Crippen LogP contribution in [0.3, 0.4) is 0 Å². The predicted octanol–water partition coefficient (Wildman–Crippen LogP) is 3.62. The number of rotatable bonds is 3. The summed E-state index contributed by atoms with van der Waals surface area (Å²) in [6.07, 6.45) is 0.838. The average molecular weight is 338 g/mol. The Hall–Kier alpha value is -1.72.